The second kappa shape index (κ2) is 6.99. The van der Waals surface area contributed by atoms with Gasteiger partial charge in [-0.25, -0.2) is 4.79 Å². The van der Waals surface area contributed by atoms with Crippen LogP contribution in [-0.2, 0) is 21.3 Å². The predicted molar refractivity (Wildman–Crippen MR) is 81.8 cm³/mol. The number of methoxy groups -OCH3 is 2. The van der Waals surface area contributed by atoms with Crippen LogP contribution in [0.5, 0.6) is 5.75 Å². The number of rotatable bonds is 5. The molecule has 24 heavy (non-hydrogen) atoms. The number of nitrogens with zero attached hydrogens (tertiary/aromatic N) is 2. The van der Waals surface area contributed by atoms with Gasteiger partial charge in [-0.15, -0.1) is 0 Å². The molecule has 0 aliphatic heterocycles. The van der Waals surface area contributed by atoms with E-state index in [1.54, 1.807) is 13.2 Å². The fourth-order valence-electron chi connectivity index (χ4n) is 2.38. The van der Waals surface area contributed by atoms with E-state index in [0.717, 1.165) is 13.3 Å². The van der Waals surface area contributed by atoms with Gasteiger partial charge < -0.3 is 19.6 Å². The summed E-state index contributed by atoms with van der Waals surface area (Å²) in [5.74, 6) is -2.76. The zero-order valence-electron chi connectivity index (χ0n) is 13.4. The zero-order valence-corrected chi connectivity index (χ0v) is 13.4. The topological polar surface area (TPSA) is 124 Å². The number of aromatic nitrogens is 3. The first-order chi connectivity index (χ1) is 11.4. The molecule has 0 unspecified atom stereocenters. The smallest absolute Gasteiger partial charge is 0.343 e. The molecule has 0 amide bonds. The van der Waals surface area contributed by atoms with Gasteiger partial charge in [0.15, 0.2) is 0 Å². The Kier molecular flexibility index (Phi) is 5.02. The first-order valence-electron chi connectivity index (χ1n) is 6.97. The summed E-state index contributed by atoms with van der Waals surface area (Å²) in [6, 6.07) is 0. The molecule has 2 heterocycles. The number of pyridine rings is 1. The average molecular weight is 335 g/mol. The lowest BCUT2D eigenvalue weighted by Crippen LogP contribution is -2.21. The van der Waals surface area contributed by atoms with Gasteiger partial charge in [0.2, 0.25) is 0 Å². The van der Waals surface area contributed by atoms with Crippen molar-refractivity contribution in [3.8, 4) is 5.75 Å². The maximum absolute atomic E-state index is 12.2. The lowest BCUT2D eigenvalue weighted by atomic mass is 9.89. The van der Waals surface area contributed by atoms with E-state index in [0.29, 0.717) is 5.56 Å². The van der Waals surface area contributed by atoms with E-state index < -0.39 is 29.2 Å². The molecule has 2 N–H and O–H groups in total. The van der Waals surface area contributed by atoms with Crippen LogP contribution in [0.15, 0.2) is 23.4 Å². The molecule has 0 radical (unpaired) electrons. The standard InChI is InChI=1S/C15H17N3O6/c1-18-7-8(5-17-18)9(4-11(19)23-2)12-13(20)10(15(22)24-3)6-16-14(12)21/h5-7,9H,4H2,1-3H3,(H2,16,20,21)/t9-/m0/s1. The molecule has 0 saturated carbocycles. The average Bonchev–Trinajstić information content (AvgIpc) is 2.99. The third kappa shape index (κ3) is 3.29. The highest BCUT2D eigenvalue weighted by molar-refractivity contribution is 5.92. The molecule has 128 valence electrons. The summed E-state index contributed by atoms with van der Waals surface area (Å²) < 4.78 is 10.7. The van der Waals surface area contributed by atoms with Crippen LogP contribution in [0.4, 0.5) is 0 Å². The molecule has 0 bridgehead atoms. The molecule has 0 spiro atoms. The number of aromatic hydroxyl groups is 1. The number of H-pyrrole nitrogens is 1. The first kappa shape index (κ1) is 17.3. The van der Waals surface area contributed by atoms with E-state index in [4.69, 9.17) is 0 Å². The van der Waals surface area contributed by atoms with Gasteiger partial charge in [-0.05, 0) is 5.56 Å². The maximum atomic E-state index is 12.2. The van der Waals surface area contributed by atoms with E-state index in [9.17, 15) is 19.5 Å². The van der Waals surface area contributed by atoms with Gasteiger partial charge in [-0.1, -0.05) is 0 Å². The summed E-state index contributed by atoms with van der Waals surface area (Å²) in [6.07, 6.45) is 3.93. The van der Waals surface area contributed by atoms with E-state index in [1.807, 2.05) is 0 Å². The van der Waals surface area contributed by atoms with Gasteiger partial charge in [0.05, 0.1) is 32.4 Å². The number of aromatic amines is 1. The number of esters is 2. The molecule has 9 heteroatoms. The van der Waals surface area contributed by atoms with Crippen LogP contribution >= 0.6 is 0 Å². The maximum Gasteiger partial charge on any atom is 0.343 e. The molecular formula is C15H17N3O6. The van der Waals surface area contributed by atoms with Crippen LogP contribution in [0.3, 0.4) is 0 Å². The van der Waals surface area contributed by atoms with Crippen LogP contribution in [0.1, 0.15) is 33.8 Å². The van der Waals surface area contributed by atoms with Crippen molar-refractivity contribution in [3.63, 3.8) is 0 Å². The van der Waals surface area contributed by atoms with Crippen LogP contribution in [-0.4, -0.2) is 46.0 Å². The second-order valence-electron chi connectivity index (χ2n) is 5.07. The van der Waals surface area contributed by atoms with Crippen molar-refractivity contribution in [2.24, 2.45) is 7.05 Å². The van der Waals surface area contributed by atoms with E-state index in [2.05, 4.69) is 19.6 Å². The van der Waals surface area contributed by atoms with Crippen LogP contribution in [0.2, 0.25) is 0 Å². The number of hydrogen-bond donors (Lipinski definition) is 2. The molecule has 0 aliphatic rings. The van der Waals surface area contributed by atoms with Gasteiger partial charge in [-0.3, -0.25) is 14.3 Å². The van der Waals surface area contributed by atoms with Gasteiger partial charge in [0.25, 0.3) is 5.56 Å². The molecule has 0 aliphatic carbocycles. The number of carbonyl (C=O) groups excluding carboxylic acids is 2. The summed E-state index contributed by atoms with van der Waals surface area (Å²) in [5.41, 5.74) is -0.439. The highest BCUT2D eigenvalue weighted by atomic mass is 16.5. The van der Waals surface area contributed by atoms with Crippen LogP contribution in [0.25, 0.3) is 0 Å². The molecule has 9 nitrogen and oxygen atoms in total. The highest BCUT2D eigenvalue weighted by Crippen LogP contribution is 2.33. The minimum absolute atomic E-state index is 0.128. The minimum Gasteiger partial charge on any atom is -0.506 e. The largest absolute Gasteiger partial charge is 0.506 e. The molecule has 2 aromatic rings. The van der Waals surface area contributed by atoms with Gasteiger partial charge in [-0.2, -0.15) is 5.10 Å². The summed E-state index contributed by atoms with van der Waals surface area (Å²) in [4.78, 5) is 38.1. The van der Waals surface area contributed by atoms with Crippen molar-refractivity contribution < 1.29 is 24.2 Å². The summed E-state index contributed by atoms with van der Waals surface area (Å²) in [5, 5.41) is 14.4. The Balaban J connectivity index is 2.63. The van der Waals surface area contributed by atoms with Crippen molar-refractivity contribution >= 4 is 11.9 Å². The van der Waals surface area contributed by atoms with Gasteiger partial charge in [0, 0.05) is 25.4 Å². The Labute approximate surface area is 136 Å². The van der Waals surface area contributed by atoms with Gasteiger partial charge in [0.1, 0.15) is 11.3 Å². The van der Waals surface area contributed by atoms with E-state index >= 15 is 0 Å². The van der Waals surface area contributed by atoms with E-state index in [1.165, 1.54) is 18.0 Å². The quantitative estimate of drug-likeness (QED) is 0.753. The number of ether oxygens (including phenoxy) is 2. The Bertz CT molecular complexity index is 823. The minimum atomic E-state index is -0.834. The fraction of sp³-hybridized carbons (Fsp3) is 0.333. The lowest BCUT2D eigenvalue weighted by molar-refractivity contribution is -0.140. The van der Waals surface area contributed by atoms with E-state index in [-0.39, 0.29) is 17.5 Å². The number of hydrogen-bond acceptors (Lipinski definition) is 7. The number of nitrogens with one attached hydrogen (secondary N) is 1. The molecule has 1 atom stereocenters. The molecule has 0 saturated heterocycles. The third-order valence-corrected chi connectivity index (χ3v) is 3.58. The van der Waals surface area contributed by atoms with Gasteiger partial charge >= 0.3 is 11.9 Å². The molecule has 0 aromatic carbocycles. The number of aryl methyl sites for hydroxylation is 1. The zero-order chi connectivity index (χ0) is 17.9. The summed E-state index contributed by atoms with van der Waals surface area (Å²) in [7, 11) is 4.05. The van der Waals surface area contributed by atoms with Crippen LogP contribution < -0.4 is 5.56 Å². The predicted octanol–water partition coefficient (Wildman–Crippen LogP) is 0.296. The van der Waals surface area contributed by atoms with Crippen LogP contribution in [0, 0.1) is 0 Å². The molecule has 0 fully saturated rings. The lowest BCUT2D eigenvalue weighted by Gasteiger charge is -2.16. The normalized spacial score (nSPS) is 11.8. The van der Waals surface area contributed by atoms with Crippen molar-refractivity contribution in [2.75, 3.05) is 14.2 Å². The first-order valence-corrected chi connectivity index (χ1v) is 6.97. The van der Waals surface area contributed by atoms with Crippen molar-refractivity contribution in [1.82, 2.24) is 14.8 Å². The van der Waals surface area contributed by atoms with Crippen molar-refractivity contribution in [2.45, 2.75) is 12.3 Å². The molecule has 2 aromatic heterocycles. The molecular weight excluding hydrogens is 318 g/mol. The monoisotopic (exact) mass is 335 g/mol. The highest BCUT2D eigenvalue weighted by Gasteiger charge is 2.29. The Morgan fingerprint density at radius 1 is 1.38 bits per heavy atom. The summed E-state index contributed by atoms with van der Waals surface area (Å²) >= 11 is 0. The second-order valence-corrected chi connectivity index (χ2v) is 5.07. The molecule has 2 rings (SSSR count). The Hall–Kier alpha value is -3.10. The summed E-state index contributed by atoms with van der Waals surface area (Å²) in [6.45, 7) is 0. The van der Waals surface area contributed by atoms with Crippen molar-refractivity contribution in [3.05, 3.63) is 45.6 Å². The third-order valence-electron chi connectivity index (χ3n) is 3.58. The Morgan fingerprint density at radius 3 is 2.62 bits per heavy atom. The fourth-order valence-corrected chi connectivity index (χ4v) is 2.38. The van der Waals surface area contributed by atoms with Crippen molar-refractivity contribution in [1.29, 1.82) is 0 Å². The number of carbonyl (C=O) groups is 2. The Morgan fingerprint density at radius 2 is 2.08 bits per heavy atom. The SMILES string of the molecule is COC(=O)C[C@@H](c1cnn(C)c1)c1c(O)c(C(=O)OC)c[nH]c1=O.